The van der Waals surface area contributed by atoms with Gasteiger partial charge in [0, 0.05) is 0 Å². The maximum atomic E-state index is 10.9. The van der Waals surface area contributed by atoms with Crippen LogP contribution in [0.25, 0.3) is 0 Å². The summed E-state index contributed by atoms with van der Waals surface area (Å²) in [5.41, 5.74) is 4.51. The van der Waals surface area contributed by atoms with E-state index in [9.17, 15) is 4.79 Å². The van der Waals surface area contributed by atoms with Gasteiger partial charge in [-0.3, -0.25) is 4.79 Å². The van der Waals surface area contributed by atoms with Gasteiger partial charge < -0.3 is 20.3 Å². The number of ether oxygens (including phenoxy) is 2. The highest BCUT2D eigenvalue weighted by molar-refractivity contribution is 5.77. The molecular formula is C19H23NO4. The van der Waals surface area contributed by atoms with E-state index in [0.29, 0.717) is 19.4 Å². The van der Waals surface area contributed by atoms with Gasteiger partial charge in [-0.05, 0) is 62.6 Å². The molecular weight excluding hydrogens is 306 g/mol. The van der Waals surface area contributed by atoms with E-state index in [2.05, 4.69) is 0 Å². The lowest BCUT2D eigenvalue weighted by molar-refractivity contribution is -0.142. The van der Waals surface area contributed by atoms with Crippen LogP contribution < -0.4 is 15.2 Å². The van der Waals surface area contributed by atoms with Crippen molar-refractivity contribution in [1.82, 2.24) is 0 Å². The van der Waals surface area contributed by atoms with Crippen molar-refractivity contribution < 1.29 is 19.4 Å². The third-order valence-corrected chi connectivity index (χ3v) is 3.65. The number of carboxylic acid groups (broad SMARTS) is 1. The topological polar surface area (TPSA) is 81.8 Å². The molecule has 2 aromatic carbocycles. The molecule has 1 unspecified atom stereocenters. The molecule has 0 aliphatic rings. The molecule has 0 spiro atoms. The molecule has 128 valence electrons. The number of carboxylic acids is 1. The second-order valence-corrected chi connectivity index (χ2v) is 5.91. The Hall–Kier alpha value is -2.53. The Labute approximate surface area is 142 Å². The Morgan fingerprint density at radius 2 is 1.58 bits per heavy atom. The van der Waals surface area contributed by atoms with Crippen molar-refractivity contribution in [3.63, 3.8) is 0 Å². The first kappa shape index (κ1) is 17.8. The Morgan fingerprint density at radius 1 is 1.00 bits per heavy atom. The summed E-state index contributed by atoms with van der Waals surface area (Å²) in [7, 11) is 0. The summed E-state index contributed by atoms with van der Waals surface area (Å²) in [4.78, 5) is 10.9. The Bertz CT molecular complexity index is 638. The largest absolute Gasteiger partial charge is 0.494 e. The quantitative estimate of drug-likeness (QED) is 0.683. The fraction of sp³-hybridized carbons (Fsp3) is 0.316. The molecule has 0 bridgehead atoms. The van der Waals surface area contributed by atoms with Crippen molar-refractivity contribution >= 4 is 5.97 Å². The van der Waals surface area contributed by atoms with Crippen LogP contribution in [0.1, 0.15) is 26.2 Å². The summed E-state index contributed by atoms with van der Waals surface area (Å²) in [5, 5.41) is 8.94. The third-order valence-electron chi connectivity index (χ3n) is 3.65. The summed E-state index contributed by atoms with van der Waals surface area (Å²) >= 11 is 0. The molecule has 5 heteroatoms. The lowest BCUT2D eigenvalue weighted by Gasteiger charge is -2.18. The summed E-state index contributed by atoms with van der Waals surface area (Å²) in [6.45, 7) is 2.05. The van der Waals surface area contributed by atoms with E-state index in [0.717, 1.165) is 23.7 Å². The minimum atomic E-state index is -1.17. The van der Waals surface area contributed by atoms with Crippen LogP contribution in [0, 0.1) is 0 Å². The van der Waals surface area contributed by atoms with E-state index >= 15 is 0 Å². The predicted molar refractivity (Wildman–Crippen MR) is 92.5 cm³/mol. The molecule has 1 atom stereocenters. The molecule has 0 aliphatic heterocycles. The molecule has 0 aromatic heterocycles. The van der Waals surface area contributed by atoms with Gasteiger partial charge in [0.1, 0.15) is 22.8 Å². The van der Waals surface area contributed by atoms with Crippen LogP contribution in [-0.4, -0.2) is 23.2 Å². The normalized spacial score (nSPS) is 13.1. The van der Waals surface area contributed by atoms with Crippen molar-refractivity contribution in [3.05, 3.63) is 54.6 Å². The zero-order valence-electron chi connectivity index (χ0n) is 13.8. The zero-order valence-corrected chi connectivity index (χ0v) is 13.8. The molecule has 3 N–H and O–H groups in total. The van der Waals surface area contributed by atoms with Gasteiger partial charge in [-0.1, -0.05) is 18.2 Å². The van der Waals surface area contributed by atoms with Crippen molar-refractivity contribution in [1.29, 1.82) is 0 Å². The van der Waals surface area contributed by atoms with Crippen LogP contribution in [0.3, 0.4) is 0 Å². The summed E-state index contributed by atoms with van der Waals surface area (Å²) < 4.78 is 11.4. The molecule has 0 fully saturated rings. The average Bonchev–Trinajstić information content (AvgIpc) is 2.57. The number of carbonyl (C=O) groups is 1. The minimum Gasteiger partial charge on any atom is -0.494 e. The molecule has 5 nitrogen and oxygen atoms in total. The smallest absolute Gasteiger partial charge is 0.323 e. The fourth-order valence-corrected chi connectivity index (χ4v) is 2.12. The molecule has 0 heterocycles. The van der Waals surface area contributed by atoms with Gasteiger partial charge in [0.25, 0.3) is 0 Å². The van der Waals surface area contributed by atoms with Gasteiger partial charge in [-0.25, -0.2) is 0 Å². The van der Waals surface area contributed by atoms with Gasteiger partial charge in [0.15, 0.2) is 0 Å². The number of unbranched alkanes of at least 4 members (excludes halogenated alkanes) is 1. The molecule has 0 saturated carbocycles. The maximum absolute atomic E-state index is 10.9. The highest BCUT2D eigenvalue weighted by atomic mass is 16.5. The van der Waals surface area contributed by atoms with Crippen LogP contribution >= 0.6 is 0 Å². The summed E-state index contributed by atoms with van der Waals surface area (Å²) in [6.07, 6.45) is 1.88. The van der Waals surface area contributed by atoms with Crippen molar-refractivity contribution in [2.24, 2.45) is 5.73 Å². The fourth-order valence-electron chi connectivity index (χ4n) is 2.12. The number of aliphatic carboxylic acids is 1. The molecule has 0 amide bonds. The van der Waals surface area contributed by atoms with Crippen LogP contribution in [0.4, 0.5) is 0 Å². The Balaban J connectivity index is 1.71. The van der Waals surface area contributed by atoms with E-state index in [-0.39, 0.29) is 0 Å². The SMILES string of the molecule is CC(N)(CCCCOc1ccc(Oc2ccccc2)cc1)C(=O)O. The van der Waals surface area contributed by atoms with E-state index < -0.39 is 11.5 Å². The number of benzene rings is 2. The summed E-state index contributed by atoms with van der Waals surface area (Å²) in [5.74, 6) is 1.31. The van der Waals surface area contributed by atoms with Crippen molar-refractivity contribution in [2.75, 3.05) is 6.61 Å². The molecule has 2 aromatic rings. The van der Waals surface area contributed by atoms with Gasteiger partial charge in [0.05, 0.1) is 6.61 Å². The molecule has 0 saturated heterocycles. The second-order valence-electron chi connectivity index (χ2n) is 5.91. The van der Waals surface area contributed by atoms with E-state index in [1.807, 2.05) is 54.6 Å². The Morgan fingerprint density at radius 3 is 2.21 bits per heavy atom. The monoisotopic (exact) mass is 329 g/mol. The average molecular weight is 329 g/mol. The number of para-hydroxylation sites is 1. The number of hydrogen-bond donors (Lipinski definition) is 2. The van der Waals surface area contributed by atoms with Gasteiger partial charge in [-0.2, -0.15) is 0 Å². The van der Waals surface area contributed by atoms with E-state index in [1.54, 1.807) is 0 Å². The molecule has 24 heavy (non-hydrogen) atoms. The molecule has 0 radical (unpaired) electrons. The number of rotatable bonds is 9. The van der Waals surface area contributed by atoms with E-state index in [4.69, 9.17) is 20.3 Å². The van der Waals surface area contributed by atoms with Crippen molar-refractivity contribution in [3.8, 4) is 17.2 Å². The summed E-state index contributed by atoms with van der Waals surface area (Å²) in [6, 6.07) is 17.0. The van der Waals surface area contributed by atoms with Crippen LogP contribution in [0.15, 0.2) is 54.6 Å². The van der Waals surface area contributed by atoms with Crippen molar-refractivity contribution in [2.45, 2.75) is 31.7 Å². The van der Waals surface area contributed by atoms with Crippen LogP contribution in [-0.2, 0) is 4.79 Å². The lowest BCUT2D eigenvalue weighted by atomic mass is 9.97. The van der Waals surface area contributed by atoms with E-state index in [1.165, 1.54) is 6.92 Å². The zero-order chi connectivity index (χ0) is 17.4. The molecule has 0 aliphatic carbocycles. The van der Waals surface area contributed by atoms with Crippen LogP contribution in [0.2, 0.25) is 0 Å². The highest BCUT2D eigenvalue weighted by Gasteiger charge is 2.26. The number of nitrogens with two attached hydrogens (primary N) is 1. The minimum absolute atomic E-state index is 0.426. The lowest BCUT2D eigenvalue weighted by Crippen LogP contribution is -2.44. The third kappa shape index (κ3) is 5.59. The molecule has 2 rings (SSSR count). The highest BCUT2D eigenvalue weighted by Crippen LogP contribution is 2.23. The first-order valence-electron chi connectivity index (χ1n) is 7.95. The Kier molecular flexibility index (Phi) is 6.21. The number of hydrogen-bond acceptors (Lipinski definition) is 4. The first-order valence-corrected chi connectivity index (χ1v) is 7.95. The standard InChI is InChI=1S/C19H23NO4/c1-19(20,18(21)22)13-5-6-14-23-15-9-11-17(12-10-15)24-16-7-3-2-4-8-16/h2-4,7-12H,5-6,13-14,20H2,1H3,(H,21,22). The van der Waals surface area contributed by atoms with Gasteiger partial charge in [-0.15, -0.1) is 0 Å². The first-order chi connectivity index (χ1) is 11.5. The van der Waals surface area contributed by atoms with Gasteiger partial charge >= 0.3 is 5.97 Å². The maximum Gasteiger partial charge on any atom is 0.323 e. The van der Waals surface area contributed by atoms with Crippen LogP contribution in [0.5, 0.6) is 17.2 Å². The predicted octanol–water partition coefficient (Wildman–Crippen LogP) is 3.83. The van der Waals surface area contributed by atoms with Gasteiger partial charge in [0.2, 0.25) is 0 Å². The second kappa shape index (κ2) is 8.36.